The number of allylic oxidation sites excluding steroid dienone is 12. The summed E-state index contributed by atoms with van der Waals surface area (Å²) in [5.74, 6) is -2.01. The van der Waals surface area contributed by atoms with Crippen LogP contribution in [0.1, 0.15) is 136 Å². The fourth-order valence-corrected chi connectivity index (χ4v) is 7.78. The molecule has 1 aliphatic rings. The fourth-order valence-electron chi connectivity index (χ4n) is 6.62. The van der Waals surface area contributed by atoms with Crippen LogP contribution in [0.3, 0.4) is 0 Å². The standard InChI is InChI=1S/C48H78O16P2/c1-3-5-7-8-9-10-11-12-13-14-15-16-17-18-19-20-21-22-27-31-47(53)60-38-42(39-63-66(58,59)62-37-41(50)36-61-65(55,56)57)64-48(54)32-28-24-23-26-30-43-44(46(52)35-45(43)51)34-33-40(49)29-25-6-4-2/h5,7,9-10,12-13,15-16,18-19,21-22,33-34,40-44,46,49-50,52H,3-4,6,8,11,14,17,20,23-32,35-39H2,1-2H3,(H,58,59)(H2,55,56,57)/b7-5-,10-9-,13-12-,16-15-,19-18-,22-21-,34-33+/t40-,41-,42+,43+,44+,46+/m0/s1. The van der Waals surface area contributed by atoms with Crippen LogP contribution in [0.25, 0.3) is 0 Å². The van der Waals surface area contributed by atoms with Gasteiger partial charge >= 0.3 is 27.6 Å². The lowest BCUT2D eigenvalue weighted by Gasteiger charge is -2.20. The number of carbonyl (C=O) groups excluding carboxylic acids is 3. The number of esters is 2. The Kier molecular flexibility index (Phi) is 34.9. The van der Waals surface area contributed by atoms with Gasteiger partial charge in [-0.05, 0) is 64.2 Å². The van der Waals surface area contributed by atoms with E-state index in [2.05, 4.69) is 77.6 Å². The van der Waals surface area contributed by atoms with E-state index in [0.29, 0.717) is 51.4 Å². The highest BCUT2D eigenvalue weighted by Gasteiger charge is 2.39. The van der Waals surface area contributed by atoms with Gasteiger partial charge in [0, 0.05) is 31.1 Å². The molecule has 0 amide bonds. The van der Waals surface area contributed by atoms with Gasteiger partial charge < -0.3 is 39.5 Å². The SMILES string of the molecule is CC/C=C\C/C=C\C/C=C\C/C=C\C/C=C\C/C=C\CCC(=O)OC[C@H](COP(=O)(O)OC[C@@H](O)COP(=O)(O)O)OC(=O)CCCCCC[C@H]1C(=O)C[C@@H](O)[C@@H]1/C=C/[C@@H](O)CCCCC. The molecule has 7 atom stereocenters. The third kappa shape index (κ3) is 34.2. The van der Waals surface area contributed by atoms with Gasteiger partial charge in [0.1, 0.15) is 18.5 Å². The first-order chi connectivity index (χ1) is 31.6. The molecule has 0 aromatic carbocycles. The summed E-state index contributed by atoms with van der Waals surface area (Å²) in [6.45, 7) is 1.18. The zero-order valence-corrected chi connectivity index (χ0v) is 40.8. The number of Topliss-reactive ketones (excluding diaryl/α,β-unsaturated/α-hetero) is 1. The monoisotopic (exact) mass is 972 g/mol. The van der Waals surface area contributed by atoms with Gasteiger partial charge in [0.2, 0.25) is 0 Å². The Morgan fingerprint density at radius 3 is 1.83 bits per heavy atom. The Balaban J connectivity index is 2.57. The molecule has 0 radical (unpaired) electrons. The molecule has 0 saturated heterocycles. The summed E-state index contributed by atoms with van der Waals surface area (Å²) >= 11 is 0. The van der Waals surface area contributed by atoms with Gasteiger partial charge in [-0.15, -0.1) is 0 Å². The largest absolute Gasteiger partial charge is 0.472 e. The van der Waals surface area contributed by atoms with Gasteiger partial charge in [0.15, 0.2) is 6.10 Å². The number of phosphoric ester groups is 2. The third-order valence-corrected chi connectivity index (χ3v) is 11.6. The molecule has 0 aromatic rings. The highest BCUT2D eigenvalue weighted by atomic mass is 31.2. The first-order valence-corrected chi connectivity index (χ1v) is 26.4. The second kappa shape index (κ2) is 37.8. The van der Waals surface area contributed by atoms with Crippen molar-refractivity contribution in [3.8, 4) is 0 Å². The van der Waals surface area contributed by atoms with Crippen molar-refractivity contribution in [2.45, 2.75) is 160 Å². The molecule has 0 bridgehead atoms. The summed E-state index contributed by atoms with van der Waals surface area (Å²) in [5, 5.41) is 30.5. The maximum Gasteiger partial charge on any atom is 0.472 e. The summed E-state index contributed by atoms with van der Waals surface area (Å²) in [4.78, 5) is 65.6. The number of aliphatic hydroxyl groups excluding tert-OH is 3. The van der Waals surface area contributed by atoms with Crippen LogP contribution in [-0.4, -0.2) is 98.6 Å². The summed E-state index contributed by atoms with van der Waals surface area (Å²) < 4.78 is 47.8. The van der Waals surface area contributed by atoms with Crippen LogP contribution in [0.4, 0.5) is 0 Å². The van der Waals surface area contributed by atoms with E-state index in [-0.39, 0.29) is 36.9 Å². The van der Waals surface area contributed by atoms with Crippen LogP contribution >= 0.6 is 15.6 Å². The number of hydrogen-bond acceptors (Lipinski definition) is 13. The summed E-state index contributed by atoms with van der Waals surface area (Å²) in [6, 6.07) is 0. The normalized spacial score (nSPS) is 19.7. The molecule has 0 aliphatic heterocycles. The molecule has 1 unspecified atom stereocenters. The molecular weight excluding hydrogens is 894 g/mol. The van der Waals surface area contributed by atoms with Crippen LogP contribution in [0.5, 0.6) is 0 Å². The Morgan fingerprint density at radius 2 is 1.24 bits per heavy atom. The number of phosphoric acid groups is 2. The number of carbonyl (C=O) groups is 3. The minimum absolute atomic E-state index is 0.00761. The smallest absolute Gasteiger partial charge is 0.462 e. The lowest BCUT2D eigenvalue weighted by Crippen LogP contribution is -2.29. The Bertz CT molecular complexity index is 1650. The van der Waals surface area contributed by atoms with Crippen molar-refractivity contribution in [2.75, 3.05) is 26.4 Å². The number of aliphatic hydroxyl groups is 3. The lowest BCUT2D eigenvalue weighted by atomic mass is 9.88. The summed E-state index contributed by atoms with van der Waals surface area (Å²) in [7, 11) is -9.81. The topological polar surface area (TPSA) is 253 Å². The average molecular weight is 973 g/mol. The molecule has 1 fully saturated rings. The van der Waals surface area contributed by atoms with E-state index in [1.807, 2.05) is 18.2 Å². The molecule has 6 N–H and O–H groups in total. The molecular formula is C48H78O16P2. The number of ketones is 1. The maximum atomic E-state index is 12.8. The Morgan fingerprint density at radius 1 is 0.682 bits per heavy atom. The van der Waals surface area contributed by atoms with E-state index in [4.69, 9.17) is 23.8 Å². The zero-order chi connectivity index (χ0) is 48.9. The molecule has 66 heavy (non-hydrogen) atoms. The van der Waals surface area contributed by atoms with E-state index >= 15 is 0 Å². The first kappa shape index (κ1) is 60.9. The van der Waals surface area contributed by atoms with Crippen molar-refractivity contribution < 1.29 is 76.6 Å². The van der Waals surface area contributed by atoms with Gasteiger partial charge in [-0.2, -0.15) is 0 Å². The van der Waals surface area contributed by atoms with Crippen molar-refractivity contribution in [2.24, 2.45) is 11.8 Å². The van der Waals surface area contributed by atoms with Crippen molar-refractivity contribution in [1.82, 2.24) is 0 Å². The van der Waals surface area contributed by atoms with E-state index in [0.717, 1.165) is 51.4 Å². The van der Waals surface area contributed by atoms with Gasteiger partial charge in [0.25, 0.3) is 0 Å². The quantitative estimate of drug-likeness (QED) is 0.0145. The molecule has 0 spiro atoms. The number of ether oxygens (including phenoxy) is 2. The number of unbranched alkanes of at least 4 members (excludes halogenated alkanes) is 5. The maximum absolute atomic E-state index is 12.8. The Labute approximate surface area is 392 Å². The van der Waals surface area contributed by atoms with Crippen LogP contribution < -0.4 is 0 Å². The van der Waals surface area contributed by atoms with E-state index in [1.54, 1.807) is 12.2 Å². The molecule has 1 aliphatic carbocycles. The minimum Gasteiger partial charge on any atom is -0.462 e. The van der Waals surface area contributed by atoms with Crippen LogP contribution in [-0.2, 0) is 46.6 Å². The predicted octanol–water partition coefficient (Wildman–Crippen LogP) is 8.93. The average Bonchev–Trinajstić information content (AvgIpc) is 3.54. The molecule has 1 rings (SSSR count). The van der Waals surface area contributed by atoms with Gasteiger partial charge in [-0.3, -0.25) is 28.0 Å². The van der Waals surface area contributed by atoms with Gasteiger partial charge in [0.05, 0.1) is 32.0 Å². The highest BCUT2D eigenvalue weighted by Crippen LogP contribution is 2.44. The zero-order valence-electron chi connectivity index (χ0n) is 39.0. The summed E-state index contributed by atoms with van der Waals surface area (Å²) in [5.41, 5.74) is 0. The Hall–Kier alpha value is -3.11. The number of hydrogen-bond donors (Lipinski definition) is 6. The van der Waals surface area contributed by atoms with E-state index < -0.39 is 78.4 Å². The van der Waals surface area contributed by atoms with Crippen LogP contribution in [0.2, 0.25) is 0 Å². The number of rotatable bonds is 39. The molecule has 1 saturated carbocycles. The molecule has 0 aromatic heterocycles. The van der Waals surface area contributed by atoms with E-state index in [9.17, 15) is 43.7 Å². The minimum atomic E-state index is -4.91. The molecule has 18 heteroatoms. The van der Waals surface area contributed by atoms with Gasteiger partial charge in [-0.1, -0.05) is 137 Å². The molecule has 0 heterocycles. The first-order valence-electron chi connectivity index (χ1n) is 23.4. The lowest BCUT2D eigenvalue weighted by molar-refractivity contribution is -0.161. The van der Waals surface area contributed by atoms with Crippen LogP contribution in [0.15, 0.2) is 85.1 Å². The second-order valence-electron chi connectivity index (χ2n) is 16.1. The van der Waals surface area contributed by atoms with E-state index in [1.165, 1.54) is 0 Å². The molecule has 16 nitrogen and oxygen atoms in total. The highest BCUT2D eigenvalue weighted by molar-refractivity contribution is 7.47. The van der Waals surface area contributed by atoms with Crippen molar-refractivity contribution >= 4 is 33.4 Å². The summed E-state index contributed by atoms with van der Waals surface area (Å²) in [6.07, 6.45) is 36.3. The second-order valence-corrected chi connectivity index (χ2v) is 18.8. The molecule has 376 valence electrons. The third-order valence-electron chi connectivity index (χ3n) is 10.2. The van der Waals surface area contributed by atoms with Crippen LogP contribution in [0, 0.1) is 11.8 Å². The van der Waals surface area contributed by atoms with Gasteiger partial charge in [-0.25, -0.2) is 9.13 Å². The van der Waals surface area contributed by atoms with Crippen molar-refractivity contribution in [3.05, 3.63) is 85.1 Å². The predicted molar refractivity (Wildman–Crippen MR) is 254 cm³/mol. The fraction of sp³-hybridized carbons (Fsp3) is 0.646. The van der Waals surface area contributed by atoms with Crippen molar-refractivity contribution in [1.29, 1.82) is 0 Å². The van der Waals surface area contributed by atoms with Crippen molar-refractivity contribution in [3.63, 3.8) is 0 Å².